The number of unbranched alkanes of at least 4 members (excludes halogenated alkanes) is 2. The van der Waals surface area contributed by atoms with E-state index >= 15 is 0 Å². The fourth-order valence-corrected chi connectivity index (χ4v) is 1.14. The summed E-state index contributed by atoms with van der Waals surface area (Å²) in [7, 11) is 0. The van der Waals surface area contributed by atoms with E-state index in [-0.39, 0.29) is 12.4 Å². The van der Waals surface area contributed by atoms with E-state index in [1.165, 1.54) is 6.07 Å². The van der Waals surface area contributed by atoms with Crippen LogP contribution in [0.5, 0.6) is 0 Å². The summed E-state index contributed by atoms with van der Waals surface area (Å²) >= 11 is 0. The van der Waals surface area contributed by atoms with Gasteiger partial charge in [-0.05, 0) is 24.2 Å². The van der Waals surface area contributed by atoms with Gasteiger partial charge < -0.3 is 15.2 Å². The summed E-state index contributed by atoms with van der Waals surface area (Å²) in [5, 5.41) is 22.6. The molecule has 0 saturated carbocycles. The first kappa shape index (κ1) is 10.6. The molecule has 1 heterocycles. The predicted molar refractivity (Wildman–Crippen MR) is 49.8 cm³/mol. The average molecular weight is 199 g/mol. The molecular weight excluding hydrogens is 186 g/mol. The third-order valence-corrected chi connectivity index (χ3v) is 1.86. The highest BCUT2D eigenvalue weighted by Crippen LogP contribution is 2.06. The Kier molecular flexibility index (Phi) is 4.06. The molecule has 1 N–H and O–H groups in total. The van der Waals surface area contributed by atoms with Crippen LogP contribution in [0.2, 0.25) is 0 Å². The molecule has 0 bridgehead atoms. The number of rotatable bonds is 6. The monoisotopic (exact) mass is 199 g/mol. The van der Waals surface area contributed by atoms with E-state index in [4.69, 9.17) is 5.11 Å². The molecule has 6 nitrogen and oxygen atoms in total. The SMILES string of the molecule is O=[N+]([O-])c1ccn(CCCCCO)n1. The van der Waals surface area contributed by atoms with Gasteiger partial charge in [-0.2, -0.15) is 4.68 Å². The number of nitrogens with zero attached hydrogens (tertiary/aromatic N) is 3. The second kappa shape index (κ2) is 5.33. The first-order chi connectivity index (χ1) is 6.74. The van der Waals surface area contributed by atoms with Crippen molar-refractivity contribution in [3.05, 3.63) is 22.4 Å². The fraction of sp³-hybridized carbons (Fsp3) is 0.625. The highest BCUT2D eigenvalue weighted by Gasteiger charge is 2.09. The first-order valence-electron chi connectivity index (χ1n) is 4.53. The standard InChI is InChI=1S/C8H13N3O3/c12-7-3-1-2-5-10-6-4-8(9-10)11(13)14/h4,6,12H,1-3,5,7H2. The zero-order valence-electron chi connectivity index (χ0n) is 7.80. The van der Waals surface area contributed by atoms with E-state index in [1.807, 2.05) is 0 Å². The molecule has 0 spiro atoms. The minimum atomic E-state index is -0.510. The molecule has 1 rings (SSSR count). The van der Waals surface area contributed by atoms with Crippen LogP contribution in [0.1, 0.15) is 19.3 Å². The van der Waals surface area contributed by atoms with Crippen molar-refractivity contribution in [3.8, 4) is 0 Å². The molecule has 14 heavy (non-hydrogen) atoms. The molecule has 0 aliphatic carbocycles. The third kappa shape index (κ3) is 3.14. The van der Waals surface area contributed by atoms with E-state index in [2.05, 4.69) is 5.10 Å². The number of nitro groups is 1. The maximum atomic E-state index is 10.3. The van der Waals surface area contributed by atoms with Gasteiger partial charge in [0.05, 0.1) is 23.9 Å². The van der Waals surface area contributed by atoms with Gasteiger partial charge in [-0.1, -0.05) is 0 Å². The van der Waals surface area contributed by atoms with Crippen LogP contribution in [-0.4, -0.2) is 26.4 Å². The molecular formula is C8H13N3O3. The van der Waals surface area contributed by atoms with Crippen LogP contribution < -0.4 is 0 Å². The molecule has 0 radical (unpaired) electrons. The zero-order chi connectivity index (χ0) is 10.4. The van der Waals surface area contributed by atoms with E-state index in [9.17, 15) is 10.1 Å². The lowest BCUT2D eigenvalue weighted by molar-refractivity contribution is -0.389. The van der Waals surface area contributed by atoms with Crippen molar-refractivity contribution in [1.82, 2.24) is 9.78 Å². The second-order valence-electron chi connectivity index (χ2n) is 2.98. The fourth-order valence-electron chi connectivity index (χ4n) is 1.14. The van der Waals surface area contributed by atoms with Crippen LogP contribution in [0.15, 0.2) is 12.3 Å². The third-order valence-electron chi connectivity index (χ3n) is 1.86. The number of hydrogen-bond acceptors (Lipinski definition) is 4. The van der Waals surface area contributed by atoms with Crippen molar-refractivity contribution < 1.29 is 10.0 Å². The van der Waals surface area contributed by atoms with Crippen molar-refractivity contribution in [2.45, 2.75) is 25.8 Å². The van der Waals surface area contributed by atoms with Crippen LogP contribution >= 0.6 is 0 Å². The van der Waals surface area contributed by atoms with E-state index in [1.54, 1.807) is 10.9 Å². The van der Waals surface area contributed by atoms with Crippen molar-refractivity contribution in [3.63, 3.8) is 0 Å². The molecule has 0 atom stereocenters. The Bertz CT molecular complexity index is 298. The Hall–Kier alpha value is -1.43. The maximum Gasteiger partial charge on any atom is 0.389 e. The smallest absolute Gasteiger partial charge is 0.389 e. The molecule has 0 fully saturated rings. The van der Waals surface area contributed by atoms with Gasteiger partial charge in [0.15, 0.2) is 0 Å². The minimum Gasteiger partial charge on any atom is -0.396 e. The summed E-state index contributed by atoms with van der Waals surface area (Å²) in [5.41, 5.74) is 0. The summed E-state index contributed by atoms with van der Waals surface area (Å²) in [6, 6.07) is 1.38. The average Bonchev–Trinajstić information content (AvgIpc) is 2.61. The summed E-state index contributed by atoms with van der Waals surface area (Å²) < 4.78 is 1.55. The first-order valence-corrected chi connectivity index (χ1v) is 4.53. The second-order valence-corrected chi connectivity index (χ2v) is 2.98. The largest absolute Gasteiger partial charge is 0.396 e. The minimum absolute atomic E-state index is 0.118. The number of aliphatic hydroxyl groups is 1. The van der Waals surface area contributed by atoms with Crippen LogP contribution in [0, 0.1) is 10.1 Å². The quantitative estimate of drug-likeness (QED) is 0.420. The van der Waals surface area contributed by atoms with Crippen LogP contribution in [-0.2, 0) is 6.54 Å². The predicted octanol–water partition coefficient (Wildman–Crippen LogP) is 0.954. The van der Waals surface area contributed by atoms with Crippen molar-refractivity contribution in [1.29, 1.82) is 0 Å². The zero-order valence-corrected chi connectivity index (χ0v) is 7.80. The Balaban J connectivity index is 2.33. The molecule has 0 aliphatic heterocycles. The van der Waals surface area contributed by atoms with Gasteiger partial charge in [-0.15, -0.1) is 0 Å². The molecule has 0 unspecified atom stereocenters. The molecule has 78 valence electrons. The summed E-state index contributed by atoms with van der Waals surface area (Å²) in [6.07, 6.45) is 4.14. The van der Waals surface area contributed by atoms with E-state index in [0.717, 1.165) is 19.3 Å². The number of aryl methyl sites for hydroxylation is 1. The van der Waals surface area contributed by atoms with E-state index in [0.29, 0.717) is 6.54 Å². The normalized spacial score (nSPS) is 10.4. The molecule has 6 heteroatoms. The Labute approximate surface area is 81.3 Å². The molecule has 1 aromatic heterocycles. The van der Waals surface area contributed by atoms with Gasteiger partial charge in [-0.25, -0.2) is 0 Å². The number of hydrogen-bond donors (Lipinski definition) is 1. The molecule has 1 aromatic rings. The van der Waals surface area contributed by atoms with Crippen LogP contribution in [0.25, 0.3) is 0 Å². The van der Waals surface area contributed by atoms with Gasteiger partial charge >= 0.3 is 5.82 Å². The lowest BCUT2D eigenvalue weighted by atomic mass is 10.2. The lowest BCUT2D eigenvalue weighted by Crippen LogP contribution is -2.00. The van der Waals surface area contributed by atoms with Gasteiger partial charge in [0, 0.05) is 6.61 Å². The van der Waals surface area contributed by atoms with Gasteiger partial charge in [-0.3, -0.25) is 0 Å². The summed E-state index contributed by atoms with van der Waals surface area (Å²) in [6.45, 7) is 0.854. The van der Waals surface area contributed by atoms with Crippen LogP contribution in [0.4, 0.5) is 5.82 Å². The Morgan fingerprint density at radius 3 is 2.86 bits per heavy atom. The number of aromatic nitrogens is 2. The topological polar surface area (TPSA) is 81.2 Å². The van der Waals surface area contributed by atoms with Gasteiger partial charge in [0.25, 0.3) is 0 Å². The highest BCUT2D eigenvalue weighted by atomic mass is 16.6. The molecule has 0 saturated heterocycles. The van der Waals surface area contributed by atoms with Crippen LogP contribution in [0.3, 0.4) is 0 Å². The van der Waals surface area contributed by atoms with E-state index < -0.39 is 4.92 Å². The van der Waals surface area contributed by atoms with Crippen molar-refractivity contribution in [2.75, 3.05) is 6.61 Å². The Morgan fingerprint density at radius 2 is 2.29 bits per heavy atom. The molecule has 0 amide bonds. The van der Waals surface area contributed by atoms with Gasteiger partial charge in [0.2, 0.25) is 0 Å². The highest BCUT2D eigenvalue weighted by molar-refractivity contribution is 5.13. The Morgan fingerprint density at radius 1 is 1.50 bits per heavy atom. The summed E-state index contributed by atoms with van der Waals surface area (Å²) in [5.74, 6) is -0.118. The summed E-state index contributed by atoms with van der Waals surface area (Å²) in [4.78, 5) is 9.78. The molecule has 0 aliphatic rings. The van der Waals surface area contributed by atoms with Crippen molar-refractivity contribution in [2.24, 2.45) is 0 Å². The molecule has 0 aromatic carbocycles. The number of aliphatic hydroxyl groups excluding tert-OH is 1. The van der Waals surface area contributed by atoms with Gasteiger partial charge in [0.1, 0.15) is 0 Å². The lowest BCUT2D eigenvalue weighted by Gasteiger charge is -1.95. The van der Waals surface area contributed by atoms with Crippen molar-refractivity contribution >= 4 is 5.82 Å². The maximum absolute atomic E-state index is 10.3.